The Bertz CT molecular complexity index is 162. The van der Waals surface area contributed by atoms with Gasteiger partial charge in [-0.25, -0.2) is 0 Å². The van der Waals surface area contributed by atoms with E-state index in [1.54, 1.807) is 0 Å². The molecule has 0 aromatic rings. The first-order valence-corrected chi connectivity index (χ1v) is 6.04. The third-order valence-corrected chi connectivity index (χ3v) is 2.32. The SMILES string of the molecule is CC(C)=CCC/C(C)=C\CCI. The molecule has 0 amide bonds. The predicted molar refractivity (Wildman–Crippen MR) is 65.9 cm³/mol. The summed E-state index contributed by atoms with van der Waals surface area (Å²) < 4.78 is 1.23. The Morgan fingerprint density at radius 2 is 1.75 bits per heavy atom. The number of hydrogen-bond acceptors (Lipinski definition) is 0. The van der Waals surface area contributed by atoms with Gasteiger partial charge in [0.2, 0.25) is 0 Å². The van der Waals surface area contributed by atoms with Crippen LogP contribution in [0.2, 0.25) is 0 Å². The molecule has 0 aromatic carbocycles. The molecule has 0 N–H and O–H groups in total. The van der Waals surface area contributed by atoms with Gasteiger partial charge in [0, 0.05) is 4.43 Å². The molecule has 12 heavy (non-hydrogen) atoms. The number of rotatable bonds is 5. The maximum atomic E-state index is 2.41. The minimum absolute atomic E-state index is 1.20. The number of halogens is 1. The molecular formula is C11H19I. The van der Waals surface area contributed by atoms with Crippen LogP contribution in [0.25, 0.3) is 0 Å². The van der Waals surface area contributed by atoms with Crippen molar-refractivity contribution < 1.29 is 0 Å². The van der Waals surface area contributed by atoms with Gasteiger partial charge in [0.05, 0.1) is 0 Å². The van der Waals surface area contributed by atoms with Crippen molar-refractivity contribution in [3.8, 4) is 0 Å². The van der Waals surface area contributed by atoms with E-state index in [-0.39, 0.29) is 0 Å². The number of alkyl halides is 1. The summed E-state index contributed by atoms with van der Waals surface area (Å²) >= 11 is 2.41. The Morgan fingerprint density at radius 1 is 1.08 bits per heavy atom. The van der Waals surface area contributed by atoms with Gasteiger partial charge in [-0.1, -0.05) is 45.9 Å². The van der Waals surface area contributed by atoms with Crippen LogP contribution >= 0.6 is 22.6 Å². The summed E-state index contributed by atoms with van der Waals surface area (Å²) in [6.07, 6.45) is 8.31. The maximum Gasteiger partial charge on any atom is 0.00300 e. The maximum absolute atomic E-state index is 2.41. The summed E-state index contributed by atoms with van der Waals surface area (Å²) in [6, 6.07) is 0. The molecule has 1 heteroatoms. The zero-order chi connectivity index (χ0) is 9.40. The highest BCUT2D eigenvalue weighted by Gasteiger charge is 1.87. The number of allylic oxidation sites excluding steroid dienone is 4. The van der Waals surface area contributed by atoms with Crippen LogP contribution in [-0.2, 0) is 0 Å². The third kappa shape index (κ3) is 8.31. The first-order valence-electron chi connectivity index (χ1n) is 4.51. The van der Waals surface area contributed by atoms with Gasteiger partial charge in [0.1, 0.15) is 0 Å². The van der Waals surface area contributed by atoms with Crippen LogP contribution in [0.4, 0.5) is 0 Å². The van der Waals surface area contributed by atoms with Crippen molar-refractivity contribution in [2.75, 3.05) is 4.43 Å². The summed E-state index contributed by atoms with van der Waals surface area (Å²) in [5.74, 6) is 0. The summed E-state index contributed by atoms with van der Waals surface area (Å²) in [6.45, 7) is 6.54. The quantitative estimate of drug-likeness (QED) is 0.394. The Balaban J connectivity index is 3.56. The molecule has 0 atom stereocenters. The van der Waals surface area contributed by atoms with Gasteiger partial charge in [0.25, 0.3) is 0 Å². The fourth-order valence-electron chi connectivity index (χ4n) is 0.992. The minimum Gasteiger partial charge on any atom is -0.0860 e. The van der Waals surface area contributed by atoms with Gasteiger partial charge in [-0.3, -0.25) is 0 Å². The third-order valence-electron chi connectivity index (χ3n) is 1.69. The van der Waals surface area contributed by atoms with E-state index >= 15 is 0 Å². The van der Waals surface area contributed by atoms with E-state index < -0.39 is 0 Å². The van der Waals surface area contributed by atoms with E-state index in [9.17, 15) is 0 Å². The predicted octanol–water partition coefficient (Wildman–Crippen LogP) is 4.50. The van der Waals surface area contributed by atoms with Crippen molar-refractivity contribution >= 4 is 22.6 Å². The molecule has 0 rings (SSSR count). The van der Waals surface area contributed by atoms with Gasteiger partial charge in [-0.05, 0) is 40.0 Å². The lowest BCUT2D eigenvalue weighted by atomic mass is 10.1. The van der Waals surface area contributed by atoms with Gasteiger partial charge >= 0.3 is 0 Å². The van der Waals surface area contributed by atoms with Crippen LogP contribution in [-0.4, -0.2) is 4.43 Å². The lowest BCUT2D eigenvalue weighted by Crippen LogP contribution is -1.78. The van der Waals surface area contributed by atoms with Crippen molar-refractivity contribution in [3.63, 3.8) is 0 Å². The highest BCUT2D eigenvalue weighted by Crippen LogP contribution is 2.07. The van der Waals surface area contributed by atoms with Crippen molar-refractivity contribution in [2.24, 2.45) is 0 Å². The van der Waals surface area contributed by atoms with Gasteiger partial charge < -0.3 is 0 Å². The van der Waals surface area contributed by atoms with Crippen LogP contribution < -0.4 is 0 Å². The molecule has 0 unspecified atom stereocenters. The second-order valence-electron chi connectivity index (χ2n) is 3.35. The van der Waals surface area contributed by atoms with E-state index in [1.807, 2.05) is 0 Å². The van der Waals surface area contributed by atoms with Gasteiger partial charge in [-0.2, -0.15) is 0 Å². The van der Waals surface area contributed by atoms with Crippen LogP contribution in [0.5, 0.6) is 0 Å². The molecule has 0 aliphatic heterocycles. The second-order valence-corrected chi connectivity index (χ2v) is 4.43. The summed E-state index contributed by atoms with van der Waals surface area (Å²) in [4.78, 5) is 0. The normalized spacial score (nSPS) is 11.5. The van der Waals surface area contributed by atoms with Gasteiger partial charge in [-0.15, -0.1) is 0 Å². The van der Waals surface area contributed by atoms with Crippen molar-refractivity contribution in [2.45, 2.75) is 40.0 Å². The summed E-state index contributed by atoms with van der Waals surface area (Å²) in [7, 11) is 0. The standard InChI is InChI=1S/C11H19I/c1-10(2)6-4-7-11(3)8-5-9-12/h6,8H,4-5,7,9H2,1-3H3/b11-8-. The fourth-order valence-corrected chi connectivity index (χ4v) is 1.30. The summed E-state index contributed by atoms with van der Waals surface area (Å²) in [5, 5.41) is 0. The van der Waals surface area contributed by atoms with Gasteiger partial charge in [0.15, 0.2) is 0 Å². The summed E-state index contributed by atoms with van der Waals surface area (Å²) in [5.41, 5.74) is 2.96. The first-order chi connectivity index (χ1) is 5.66. The topological polar surface area (TPSA) is 0 Å². The van der Waals surface area contributed by atoms with Crippen molar-refractivity contribution in [3.05, 3.63) is 23.3 Å². The highest BCUT2D eigenvalue weighted by molar-refractivity contribution is 14.1. The molecule has 0 bridgehead atoms. The van der Waals surface area contributed by atoms with Crippen LogP contribution in [0.3, 0.4) is 0 Å². The van der Waals surface area contributed by atoms with E-state index in [4.69, 9.17) is 0 Å². The lowest BCUT2D eigenvalue weighted by Gasteiger charge is -1.97. The fraction of sp³-hybridized carbons (Fsp3) is 0.636. The first kappa shape index (κ1) is 12.2. The Hall–Kier alpha value is 0.210. The molecule has 0 radical (unpaired) electrons. The smallest absolute Gasteiger partial charge is 0.00300 e. The largest absolute Gasteiger partial charge is 0.0860 e. The monoisotopic (exact) mass is 278 g/mol. The molecule has 0 aromatic heterocycles. The molecule has 0 saturated carbocycles. The van der Waals surface area contributed by atoms with Crippen LogP contribution in [0.15, 0.2) is 23.3 Å². The molecule has 70 valence electrons. The van der Waals surface area contributed by atoms with Crippen molar-refractivity contribution in [1.82, 2.24) is 0 Å². The minimum atomic E-state index is 1.20. The molecule has 0 spiro atoms. The number of hydrogen-bond donors (Lipinski definition) is 0. The Morgan fingerprint density at radius 3 is 2.25 bits per heavy atom. The second kappa shape index (κ2) is 7.84. The van der Waals surface area contributed by atoms with Crippen LogP contribution in [0, 0.1) is 0 Å². The average molecular weight is 278 g/mol. The molecule has 0 saturated heterocycles. The lowest BCUT2D eigenvalue weighted by molar-refractivity contribution is 0.954. The van der Waals surface area contributed by atoms with Crippen LogP contribution in [0.1, 0.15) is 40.0 Å². The Kier molecular flexibility index (Phi) is 7.98. The molecule has 0 aliphatic rings. The zero-order valence-electron chi connectivity index (χ0n) is 8.36. The highest BCUT2D eigenvalue weighted by atomic mass is 127. The zero-order valence-corrected chi connectivity index (χ0v) is 10.5. The Labute approximate surface area is 90.3 Å². The van der Waals surface area contributed by atoms with E-state index in [0.29, 0.717) is 0 Å². The van der Waals surface area contributed by atoms with E-state index in [1.165, 1.54) is 34.8 Å². The molecule has 0 fully saturated rings. The molecule has 0 heterocycles. The molecule has 0 nitrogen and oxygen atoms in total. The average Bonchev–Trinajstić information content (AvgIpc) is 2.00. The molecule has 0 aliphatic carbocycles. The van der Waals surface area contributed by atoms with E-state index in [0.717, 1.165) is 0 Å². The van der Waals surface area contributed by atoms with E-state index in [2.05, 4.69) is 55.5 Å². The molecular weight excluding hydrogens is 259 g/mol. The van der Waals surface area contributed by atoms with Crippen molar-refractivity contribution in [1.29, 1.82) is 0 Å².